The van der Waals surface area contributed by atoms with E-state index in [0.29, 0.717) is 11.5 Å². The number of carbonyl (C=O) groups excluding carboxylic acids is 1. The van der Waals surface area contributed by atoms with Crippen LogP contribution in [0.15, 0.2) is 41.0 Å². The van der Waals surface area contributed by atoms with Crippen molar-refractivity contribution in [3.8, 4) is 0 Å². The van der Waals surface area contributed by atoms with Crippen LogP contribution in [0.3, 0.4) is 0 Å². The van der Waals surface area contributed by atoms with Crippen molar-refractivity contribution in [1.29, 1.82) is 0 Å². The number of amides is 1. The Morgan fingerprint density at radius 2 is 2.05 bits per heavy atom. The van der Waals surface area contributed by atoms with Crippen LogP contribution in [0.2, 0.25) is 0 Å². The molecule has 0 aliphatic carbocycles. The molecule has 0 spiro atoms. The number of benzene rings is 1. The Kier molecular flexibility index (Phi) is 4.71. The number of nitrogens with zero attached hydrogens (tertiary/aromatic N) is 3. The van der Waals surface area contributed by atoms with E-state index in [-0.39, 0.29) is 11.3 Å². The molecule has 0 bridgehead atoms. The van der Waals surface area contributed by atoms with E-state index in [9.17, 15) is 14.9 Å². The Morgan fingerprint density at radius 1 is 1.32 bits per heavy atom. The minimum absolute atomic E-state index is 0.139. The molecule has 1 N–H and O–H groups in total. The molecular weight excluding hydrogens is 352 g/mol. The summed E-state index contributed by atoms with van der Waals surface area (Å²) in [6, 6.07) is 7.53. The third-order valence-corrected chi connectivity index (χ3v) is 3.36. The van der Waals surface area contributed by atoms with Gasteiger partial charge in [-0.2, -0.15) is 0 Å². The fourth-order valence-corrected chi connectivity index (χ4v) is 2.08. The van der Waals surface area contributed by atoms with E-state index in [1.807, 2.05) is 0 Å². The summed E-state index contributed by atoms with van der Waals surface area (Å²) in [4.78, 5) is 28.5. The fraction of sp³-hybridized carbons (Fsp3) is 0.143. The summed E-state index contributed by atoms with van der Waals surface area (Å²) in [5.74, 6) is -0.0911. The first kappa shape index (κ1) is 15.9. The summed E-state index contributed by atoms with van der Waals surface area (Å²) in [6.45, 7) is 0. The number of hydrogen-bond acceptors (Lipinski definition) is 5. The van der Waals surface area contributed by atoms with Gasteiger partial charge in [0, 0.05) is 42.6 Å². The molecule has 1 amide bonds. The number of pyridine rings is 1. The second-order valence-electron chi connectivity index (χ2n) is 4.67. The fourth-order valence-electron chi connectivity index (χ4n) is 1.84. The van der Waals surface area contributed by atoms with Crippen molar-refractivity contribution in [3.63, 3.8) is 0 Å². The Labute approximate surface area is 135 Å². The van der Waals surface area contributed by atoms with Crippen LogP contribution in [0.4, 0.5) is 17.2 Å². The van der Waals surface area contributed by atoms with Crippen molar-refractivity contribution in [3.05, 3.63) is 56.7 Å². The number of aromatic nitrogens is 1. The summed E-state index contributed by atoms with van der Waals surface area (Å²) >= 11 is 3.26. The van der Waals surface area contributed by atoms with Crippen molar-refractivity contribution >= 4 is 39.0 Å². The van der Waals surface area contributed by atoms with E-state index in [1.54, 1.807) is 43.4 Å². The maximum Gasteiger partial charge on any atom is 0.270 e. The molecular formula is C14H13BrN4O3. The zero-order valence-corrected chi connectivity index (χ0v) is 13.5. The molecule has 1 heterocycles. The number of hydrogen-bond donors (Lipinski definition) is 1. The quantitative estimate of drug-likeness (QED) is 0.665. The van der Waals surface area contributed by atoms with Crippen LogP contribution in [0, 0.1) is 10.1 Å². The van der Waals surface area contributed by atoms with Gasteiger partial charge in [-0.15, -0.1) is 0 Å². The first-order valence-corrected chi connectivity index (χ1v) is 7.06. The van der Waals surface area contributed by atoms with Crippen molar-refractivity contribution in [2.45, 2.75) is 0 Å². The summed E-state index contributed by atoms with van der Waals surface area (Å²) in [5.41, 5.74) is 0.656. The smallest absolute Gasteiger partial charge is 0.270 e. The third kappa shape index (κ3) is 3.59. The van der Waals surface area contributed by atoms with Gasteiger partial charge in [-0.25, -0.2) is 4.98 Å². The van der Waals surface area contributed by atoms with Gasteiger partial charge in [0.15, 0.2) is 0 Å². The minimum atomic E-state index is -0.534. The second kappa shape index (κ2) is 6.52. The van der Waals surface area contributed by atoms with Crippen LogP contribution in [0.5, 0.6) is 0 Å². The number of halogens is 1. The summed E-state index contributed by atoms with van der Waals surface area (Å²) in [5, 5.41) is 13.5. The molecule has 0 aliphatic rings. The molecule has 0 radical (unpaired) electrons. The lowest BCUT2D eigenvalue weighted by Gasteiger charge is -2.16. The monoisotopic (exact) mass is 364 g/mol. The van der Waals surface area contributed by atoms with Crippen molar-refractivity contribution in [2.24, 2.45) is 0 Å². The highest BCUT2D eigenvalue weighted by Gasteiger charge is 2.18. The molecule has 2 rings (SSSR count). The average Bonchev–Trinajstić information content (AvgIpc) is 2.48. The predicted molar refractivity (Wildman–Crippen MR) is 87.3 cm³/mol. The molecule has 1 aromatic carbocycles. The highest BCUT2D eigenvalue weighted by molar-refractivity contribution is 9.10. The zero-order chi connectivity index (χ0) is 16.3. The number of anilines is 2. The number of nitro benzene ring substituents is 1. The molecule has 7 nitrogen and oxygen atoms in total. The van der Waals surface area contributed by atoms with E-state index in [1.165, 1.54) is 12.1 Å². The van der Waals surface area contributed by atoms with Crippen LogP contribution in [-0.4, -0.2) is 29.9 Å². The Bertz CT molecular complexity index is 717. The average molecular weight is 365 g/mol. The van der Waals surface area contributed by atoms with Gasteiger partial charge >= 0.3 is 0 Å². The maximum absolute atomic E-state index is 12.4. The van der Waals surface area contributed by atoms with Crippen molar-refractivity contribution < 1.29 is 9.72 Å². The molecule has 0 saturated carbocycles. The van der Waals surface area contributed by atoms with Crippen molar-refractivity contribution in [2.75, 3.05) is 24.3 Å². The molecule has 0 unspecified atom stereocenters. The largest absolute Gasteiger partial charge is 0.377 e. The standard InChI is InChI=1S/C14H13BrN4O3/c1-18(2)12-5-4-10(19(21)22)7-11(12)14(20)17-13-6-3-9(15)8-16-13/h3-8H,1-2H3,(H,16,17,20). The van der Waals surface area contributed by atoms with Crippen LogP contribution in [0.1, 0.15) is 10.4 Å². The highest BCUT2D eigenvalue weighted by Crippen LogP contribution is 2.25. The Morgan fingerprint density at radius 3 is 2.59 bits per heavy atom. The number of nitrogens with one attached hydrogen (secondary N) is 1. The van der Waals surface area contributed by atoms with Crippen LogP contribution in [0.25, 0.3) is 0 Å². The van der Waals surface area contributed by atoms with E-state index >= 15 is 0 Å². The van der Waals surface area contributed by atoms with Gasteiger partial charge in [0.05, 0.1) is 10.5 Å². The van der Waals surface area contributed by atoms with Crippen molar-refractivity contribution in [1.82, 2.24) is 4.98 Å². The van der Waals surface area contributed by atoms with Gasteiger partial charge in [-0.3, -0.25) is 14.9 Å². The topological polar surface area (TPSA) is 88.4 Å². The number of non-ortho nitro benzene ring substituents is 1. The molecule has 1 aromatic heterocycles. The van der Waals surface area contributed by atoms with E-state index < -0.39 is 10.8 Å². The molecule has 2 aromatic rings. The third-order valence-electron chi connectivity index (χ3n) is 2.89. The van der Waals surface area contributed by atoms with Crippen LogP contribution < -0.4 is 10.2 Å². The van der Waals surface area contributed by atoms with Gasteiger partial charge < -0.3 is 10.2 Å². The van der Waals surface area contributed by atoms with Crippen LogP contribution in [-0.2, 0) is 0 Å². The molecule has 0 saturated heterocycles. The molecule has 0 atom stereocenters. The van der Waals surface area contributed by atoms with E-state index in [2.05, 4.69) is 26.2 Å². The first-order chi connectivity index (χ1) is 10.4. The van der Waals surface area contributed by atoms with E-state index in [0.717, 1.165) is 4.47 Å². The SMILES string of the molecule is CN(C)c1ccc([N+](=O)[O-])cc1C(=O)Nc1ccc(Br)cn1. The zero-order valence-electron chi connectivity index (χ0n) is 11.9. The maximum atomic E-state index is 12.4. The summed E-state index contributed by atoms with van der Waals surface area (Å²) in [7, 11) is 3.52. The minimum Gasteiger partial charge on any atom is -0.377 e. The second-order valence-corrected chi connectivity index (χ2v) is 5.58. The number of rotatable bonds is 4. The molecule has 0 aliphatic heterocycles. The van der Waals surface area contributed by atoms with Gasteiger partial charge in [0.1, 0.15) is 5.82 Å². The molecule has 22 heavy (non-hydrogen) atoms. The Hall–Kier alpha value is -2.48. The molecule has 0 fully saturated rings. The number of carbonyl (C=O) groups is 1. The molecule has 114 valence electrons. The lowest BCUT2D eigenvalue weighted by molar-refractivity contribution is -0.384. The van der Waals surface area contributed by atoms with Gasteiger partial charge in [0.25, 0.3) is 11.6 Å². The normalized spacial score (nSPS) is 10.1. The summed E-state index contributed by atoms with van der Waals surface area (Å²) in [6.07, 6.45) is 1.55. The van der Waals surface area contributed by atoms with E-state index in [4.69, 9.17) is 0 Å². The van der Waals surface area contributed by atoms with Gasteiger partial charge in [-0.05, 0) is 34.1 Å². The molecule has 8 heteroatoms. The number of nitro groups is 1. The summed E-state index contributed by atoms with van der Waals surface area (Å²) < 4.78 is 0.787. The van der Waals surface area contributed by atoms with Gasteiger partial charge in [0.2, 0.25) is 0 Å². The van der Waals surface area contributed by atoms with Gasteiger partial charge in [-0.1, -0.05) is 0 Å². The Balaban J connectivity index is 2.36. The lowest BCUT2D eigenvalue weighted by atomic mass is 10.1. The predicted octanol–water partition coefficient (Wildman–Crippen LogP) is 3.07. The first-order valence-electron chi connectivity index (χ1n) is 6.27. The van der Waals surface area contributed by atoms with Crippen LogP contribution >= 0.6 is 15.9 Å². The lowest BCUT2D eigenvalue weighted by Crippen LogP contribution is -2.19. The highest BCUT2D eigenvalue weighted by atomic mass is 79.9.